The molecule has 0 spiro atoms. The topological polar surface area (TPSA) is 95.2 Å². The SMILES string of the molecule is Cc1noc(-c2cncnc2Nc2ccc3c(c2)OCO3)n1. The fraction of sp³-hybridized carbons (Fsp3) is 0.143. The average molecular weight is 297 g/mol. The van der Waals surface area contributed by atoms with Gasteiger partial charge in [0.05, 0.1) is 0 Å². The molecule has 0 atom stereocenters. The van der Waals surface area contributed by atoms with Crippen molar-refractivity contribution >= 4 is 11.5 Å². The summed E-state index contributed by atoms with van der Waals surface area (Å²) in [6, 6.07) is 5.55. The normalized spacial score (nSPS) is 12.4. The van der Waals surface area contributed by atoms with E-state index in [2.05, 4.69) is 25.4 Å². The minimum absolute atomic E-state index is 0.235. The van der Waals surface area contributed by atoms with Gasteiger partial charge in [0.15, 0.2) is 17.3 Å². The summed E-state index contributed by atoms with van der Waals surface area (Å²) in [6.07, 6.45) is 3.07. The van der Waals surface area contributed by atoms with E-state index in [1.54, 1.807) is 13.1 Å². The van der Waals surface area contributed by atoms with Crippen LogP contribution >= 0.6 is 0 Å². The Morgan fingerprint density at radius 1 is 1.18 bits per heavy atom. The van der Waals surface area contributed by atoms with Gasteiger partial charge in [-0.2, -0.15) is 4.98 Å². The highest BCUT2D eigenvalue weighted by atomic mass is 16.7. The first-order chi connectivity index (χ1) is 10.8. The van der Waals surface area contributed by atoms with Crippen LogP contribution in [0.4, 0.5) is 11.5 Å². The van der Waals surface area contributed by atoms with Crippen molar-refractivity contribution in [3.8, 4) is 23.0 Å². The monoisotopic (exact) mass is 297 g/mol. The van der Waals surface area contributed by atoms with Crippen LogP contribution in [0.25, 0.3) is 11.5 Å². The summed E-state index contributed by atoms with van der Waals surface area (Å²) in [6.45, 7) is 1.99. The van der Waals surface area contributed by atoms with Crippen LogP contribution in [0.3, 0.4) is 0 Å². The van der Waals surface area contributed by atoms with Crippen molar-refractivity contribution in [2.45, 2.75) is 6.92 Å². The van der Waals surface area contributed by atoms with Crippen LogP contribution in [0, 0.1) is 6.92 Å². The van der Waals surface area contributed by atoms with E-state index in [-0.39, 0.29) is 6.79 Å². The van der Waals surface area contributed by atoms with Crippen LogP contribution in [0.15, 0.2) is 35.2 Å². The molecule has 8 nitrogen and oxygen atoms in total. The zero-order valence-corrected chi connectivity index (χ0v) is 11.6. The standard InChI is InChI=1S/C14H11N5O3/c1-8-17-14(22-19-8)10-5-15-6-16-13(10)18-9-2-3-11-12(4-9)21-7-20-11/h2-6H,7H2,1H3,(H,15,16,18). The number of aryl methyl sites for hydroxylation is 1. The van der Waals surface area contributed by atoms with Gasteiger partial charge in [0.25, 0.3) is 5.89 Å². The molecule has 1 aliphatic heterocycles. The van der Waals surface area contributed by atoms with Gasteiger partial charge in [-0.1, -0.05) is 5.16 Å². The summed E-state index contributed by atoms with van der Waals surface area (Å²) < 4.78 is 15.8. The van der Waals surface area contributed by atoms with Crippen LogP contribution < -0.4 is 14.8 Å². The first-order valence-electron chi connectivity index (χ1n) is 6.57. The maximum atomic E-state index is 5.36. The molecule has 22 heavy (non-hydrogen) atoms. The highest BCUT2D eigenvalue weighted by Crippen LogP contribution is 2.35. The van der Waals surface area contributed by atoms with Gasteiger partial charge in [0, 0.05) is 18.0 Å². The lowest BCUT2D eigenvalue weighted by Crippen LogP contribution is -1.97. The van der Waals surface area contributed by atoms with E-state index in [0.29, 0.717) is 28.8 Å². The van der Waals surface area contributed by atoms with Crippen molar-refractivity contribution in [2.24, 2.45) is 0 Å². The number of aromatic nitrogens is 4. The number of ether oxygens (including phenoxy) is 2. The van der Waals surface area contributed by atoms with Crippen molar-refractivity contribution < 1.29 is 14.0 Å². The molecule has 110 valence electrons. The van der Waals surface area contributed by atoms with Crippen LogP contribution in [-0.4, -0.2) is 26.9 Å². The number of rotatable bonds is 3. The summed E-state index contributed by atoms with van der Waals surface area (Å²) in [5.41, 5.74) is 1.43. The minimum Gasteiger partial charge on any atom is -0.454 e. The first kappa shape index (κ1) is 12.6. The van der Waals surface area contributed by atoms with Gasteiger partial charge in [-0.05, 0) is 19.1 Å². The van der Waals surface area contributed by atoms with Crippen LogP contribution in [0.5, 0.6) is 11.5 Å². The molecule has 0 aliphatic carbocycles. The van der Waals surface area contributed by atoms with Crippen molar-refractivity contribution in [2.75, 3.05) is 12.1 Å². The zero-order valence-electron chi connectivity index (χ0n) is 11.6. The van der Waals surface area contributed by atoms with Gasteiger partial charge in [-0.15, -0.1) is 0 Å². The Bertz CT molecular complexity index is 833. The van der Waals surface area contributed by atoms with Crippen molar-refractivity contribution in [3.05, 3.63) is 36.5 Å². The Balaban J connectivity index is 1.69. The van der Waals surface area contributed by atoms with Gasteiger partial charge in [-0.3, -0.25) is 0 Å². The third-order valence-corrected chi connectivity index (χ3v) is 3.11. The molecule has 0 unspecified atom stereocenters. The molecule has 0 amide bonds. The largest absolute Gasteiger partial charge is 0.454 e. The predicted octanol–water partition coefficient (Wildman–Crippen LogP) is 2.31. The van der Waals surface area contributed by atoms with Gasteiger partial charge in [0.2, 0.25) is 6.79 Å². The van der Waals surface area contributed by atoms with Crippen molar-refractivity contribution in [1.29, 1.82) is 0 Å². The van der Waals surface area contributed by atoms with Crippen molar-refractivity contribution in [1.82, 2.24) is 20.1 Å². The molecule has 0 fully saturated rings. The Morgan fingerprint density at radius 2 is 2.09 bits per heavy atom. The molecule has 0 saturated carbocycles. The number of benzene rings is 1. The Hall–Kier alpha value is -3.16. The van der Waals surface area contributed by atoms with E-state index in [9.17, 15) is 0 Å². The lowest BCUT2D eigenvalue weighted by atomic mass is 10.2. The number of nitrogens with zero attached hydrogens (tertiary/aromatic N) is 4. The van der Waals surface area contributed by atoms with Crippen molar-refractivity contribution in [3.63, 3.8) is 0 Å². The summed E-state index contributed by atoms with van der Waals surface area (Å²) in [4.78, 5) is 12.4. The molecule has 4 rings (SSSR count). The fourth-order valence-electron chi connectivity index (χ4n) is 2.10. The third-order valence-electron chi connectivity index (χ3n) is 3.11. The molecule has 0 saturated heterocycles. The highest BCUT2D eigenvalue weighted by molar-refractivity contribution is 5.73. The zero-order chi connectivity index (χ0) is 14.9. The van der Waals surface area contributed by atoms with E-state index >= 15 is 0 Å². The maximum absolute atomic E-state index is 5.36. The average Bonchev–Trinajstić information content (AvgIpc) is 3.16. The Kier molecular flexibility index (Phi) is 2.85. The van der Waals surface area contributed by atoms with Gasteiger partial charge in [0.1, 0.15) is 17.7 Å². The molecule has 0 bridgehead atoms. The summed E-state index contributed by atoms with van der Waals surface area (Å²) in [5, 5.41) is 6.98. The van der Waals surface area contributed by atoms with Gasteiger partial charge < -0.3 is 19.3 Å². The minimum atomic E-state index is 0.235. The molecule has 1 aliphatic rings. The summed E-state index contributed by atoms with van der Waals surface area (Å²) in [5.74, 6) is 2.89. The highest BCUT2D eigenvalue weighted by Gasteiger charge is 2.16. The van der Waals surface area contributed by atoms with E-state index in [4.69, 9.17) is 14.0 Å². The molecule has 1 N–H and O–H groups in total. The smallest absolute Gasteiger partial charge is 0.263 e. The molecule has 0 radical (unpaired) electrons. The number of anilines is 2. The number of nitrogens with one attached hydrogen (secondary N) is 1. The second-order valence-electron chi connectivity index (χ2n) is 4.62. The van der Waals surface area contributed by atoms with Crippen LogP contribution in [-0.2, 0) is 0 Å². The molecule has 1 aromatic carbocycles. The quantitative estimate of drug-likeness (QED) is 0.786. The number of hydrogen-bond acceptors (Lipinski definition) is 8. The molecule has 3 aromatic rings. The predicted molar refractivity (Wildman–Crippen MR) is 75.9 cm³/mol. The van der Waals surface area contributed by atoms with E-state index in [1.807, 2.05) is 18.2 Å². The maximum Gasteiger partial charge on any atom is 0.263 e. The number of hydrogen-bond donors (Lipinski definition) is 1. The molecule has 8 heteroatoms. The second kappa shape index (κ2) is 4.99. The van der Waals surface area contributed by atoms with Gasteiger partial charge in [-0.25, -0.2) is 9.97 Å². The Labute approximate surface area is 125 Å². The second-order valence-corrected chi connectivity index (χ2v) is 4.62. The van der Waals surface area contributed by atoms with E-state index in [0.717, 1.165) is 11.4 Å². The van der Waals surface area contributed by atoms with Gasteiger partial charge >= 0.3 is 0 Å². The van der Waals surface area contributed by atoms with E-state index in [1.165, 1.54) is 6.33 Å². The van der Waals surface area contributed by atoms with Crippen LogP contribution in [0.2, 0.25) is 0 Å². The Morgan fingerprint density at radius 3 is 2.95 bits per heavy atom. The molecule has 3 heterocycles. The first-order valence-corrected chi connectivity index (χ1v) is 6.57. The van der Waals surface area contributed by atoms with Crippen LogP contribution in [0.1, 0.15) is 5.82 Å². The molecular weight excluding hydrogens is 286 g/mol. The molecule has 2 aromatic heterocycles. The number of fused-ring (bicyclic) bond motifs is 1. The summed E-state index contributed by atoms with van der Waals surface area (Å²) >= 11 is 0. The summed E-state index contributed by atoms with van der Waals surface area (Å²) in [7, 11) is 0. The molecular formula is C14H11N5O3. The third kappa shape index (κ3) is 2.20. The lowest BCUT2D eigenvalue weighted by molar-refractivity contribution is 0.174. The lowest BCUT2D eigenvalue weighted by Gasteiger charge is -2.08. The fourth-order valence-corrected chi connectivity index (χ4v) is 2.10. The van der Waals surface area contributed by atoms with E-state index < -0.39 is 0 Å².